The highest BCUT2D eigenvalue weighted by molar-refractivity contribution is 5.97. The van der Waals surface area contributed by atoms with Gasteiger partial charge in [-0.05, 0) is 37.1 Å². The lowest BCUT2D eigenvalue weighted by Crippen LogP contribution is -2.40. The number of aryl methyl sites for hydroxylation is 1. The molecule has 0 fully saturated rings. The summed E-state index contributed by atoms with van der Waals surface area (Å²) in [7, 11) is 1.53. The van der Waals surface area contributed by atoms with Gasteiger partial charge >= 0.3 is 0 Å². The number of rotatable bonds is 5. The Labute approximate surface area is 112 Å². The second-order valence-electron chi connectivity index (χ2n) is 4.36. The summed E-state index contributed by atoms with van der Waals surface area (Å²) in [5.74, 6) is -0.841. The van der Waals surface area contributed by atoms with E-state index in [0.717, 1.165) is 6.42 Å². The highest BCUT2D eigenvalue weighted by Gasteiger charge is 2.19. The molecule has 0 spiro atoms. The predicted molar refractivity (Wildman–Crippen MR) is 71.4 cm³/mol. The summed E-state index contributed by atoms with van der Waals surface area (Å²) in [6.07, 6.45) is 0.753. The number of halogens is 1. The van der Waals surface area contributed by atoms with E-state index in [1.165, 1.54) is 30.1 Å². The third-order valence-electron chi connectivity index (χ3n) is 2.81. The van der Waals surface area contributed by atoms with Gasteiger partial charge in [0, 0.05) is 19.2 Å². The van der Waals surface area contributed by atoms with E-state index < -0.39 is 0 Å². The van der Waals surface area contributed by atoms with Gasteiger partial charge in [0.2, 0.25) is 5.91 Å². The summed E-state index contributed by atoms with van der Waals surface area (Å²) in [4.78, 5) is 25.2. The van der Waals surface area contributed by atoms with Crippen LogP contribution >= 0.6 is 0 Å². The second kappa shape index (κ2) is 6.87. The van der Waals surface area contributed by atoms with Crippen LogP contribution in [0.15, 0.2) is 18.2 Å². The molecule has 0 atom stereocenters. The standard InChI is InChI=1S/C14H19FN2O2/c1-4-7-17(9-13(18)16-3)14(19)12-6-5-11(15)8-10(12)2/h5-6,8H,4,7,9H2,1-3H3,(H,16,18). The Kier molecular flexibility index (Phi) is 5.48. The number of carbonyl (C=O) groups excluding carboxylic acids is 2. The zero-order valence-electron chi connectivity index (χ0n) is 11.5. The van der Waals surface area contributed by atoms with Crippen LogP contribution in [0, 0.1) is 12.7 Å². The second-order valence-corrected chi connectivity index (χ2v) is 4.36. The molecule has 0 bridgehead atoms. The van der Waals surface area contributed by atoms with Crippen molar-refractivity contribution in [3.05, 3.63) is 35.1 Å². The minimum Gasteiger partial charge on any atom is -0.358 e. The molecule has 0 aliphatic rings. The van der Waals surface area contributed by atoms with Gasteiger partial charge < -0.3 is 10.2 Å². The van der Waals surface area contributed by atoms with Crippen molar-refractivity contribution in [2.45, 2.75) is 20.3 Å². The molecule has 0 aliphatic heterocycles. The molecule has 1 rings (SSSR count). The van der Waals surface area contributed by atoms with Gasteiger partial charge in [0.05, 0.1) is 6.54 Å². The van der Waals surface area contributed by atoms with E-state index in [-0.39, 0.29) is 24.2 Å². The van der Waals surface area contributed by atoms with Crippen LogP contribution in [0.5, 0.6) is 0 Å². The van der Waals surface area contributed by atoms with Gasteiger partial charge in [-0.2, -0.15) is 0 Å². The van der Waals surface area contributed by atoms with E-state index in [9.17, 15) is 14.0 Å². The summed E-state index contributed by atoms with van der Waals surface area (Å²) >= 11 is 0. The number of amides is 2. The van der Waals surface area contributed by atoms with Crippen molar-refractivity contribution in [2.24, 2.45) is 0 Å². The molecule has 0 saturated heterocycles. The van der Waals surface area contributed by atoms with Gasteiger partial charge in [0.1, 0.15) is 5.82 Å². The molecule has 0 radical (unpaired) electrons. The van der Waals surface area contributed by atoms with Gasteiger partial charge in [-0.1, -0.05) is 6.92 Å². The molecule has 0 aromatic heterocycles. The first-order valence-electron chi connectivity index (χ1n) is 6.25. The van der Waals surface area contributed by atoms with Crippen LogP contribution in [-0.2, 0) is 4.79 Å². The Hall–Kier alpha value is -1.91. The van der Waals surface area contributed by atoms with Crippen LogP contribution < -0.4 is 5.32 Å². The topological polar surface area (TPSA) is 49.4 Å². The molecule has 1 aromatic rings. The van der Waals surface area contributed by atoms with E-state index in [2.05, 4.69) is 5.32 Å². The lowest BCUT2D eigenvalue weighted by Gasteiger charge is -2.22. The average molecular weight is 266 g/mol. The molecule has 0 unspecified atom stereocenters. The number of carbonyl (C=O) groups is 2. The van der Waals surface area contributed by atoms with E-state index in [1.807, 2.05) is 6.92 Å². The van der Waals surface area contributed by atoms with Crippen LogP contribution in [0.4, 0.5) is 4.39 Å². The smallest absolute Gasteiger partial charge is 0.254 e. The zero-order chi connectivity index (χ0) is 14.4. The first-order chi connectivity index (χ1) is 8.99. The van der Waals surface area contributed by atoms with Crippen LogP contribution in [0.1, 0.15) is 29.3 Å². The summed E-state index contributed by atoms with van der Waals surface area (Å²) in [6.45, 7) is 4.12. The number of nitrogens with one attached hydrogen (secondary N) is 1. The molecule has 0 saturated carbocycles. The lowest BCUT2D eigenvalue weighted by atomic mass is 10.1. The van der Waals surface area contributed by atoms with Crippen molar-refractivity contribution in [1.82, 2.24) is 10.2 Å². The van der Waals surface area contributed by atoms with Crippen LogP contribution in [0.3, 0.4) is 0 Å². The van der Waals surface area contributed by atoms with E-state index in [4.69, 9.17) is 0 Å². The van der Waals surface area contributed by atoms with Crippen molar-refractivity contribution in [3.8, 4) is 0 Å². The van der Waals surface area contributed by atoms with Gasteiger partial charge in [-0.15, -0.1) is 0 Å². The SMILES string of the molecule is CCCN(CC(=O)NC)C(=O)c1ccc(F)cc1C. The zero-order valence-corrected chi connectivity index (χ0v) is 11.5. The quantitative estimate of drug-likeness (QED) is 0.882. The number of likely N-dealkylation sites (N-methyl/N-ethyl adjacent to an activating group) is 1. The summed E-state index contributed by atoms with van der Waals surface area (Å²) in [5.41, 5.74) is 1.00. The van der Waals surface area contributed by atoms with Crippen LogP contribution in [-0.4, -0.2) is 36.9 Å². The molecule has 0 heterocycles. The fourth-order valence-electron chi connectivity index (χ4n) is 1.81. The number of nitrogens with zero attached hydrogens (tertiary/aromatic N) is 1. The third-order valence-corrected chi connectivity index (χ3v) is 2.81. The van der Waals surface area contributed by atoms with Gasteiger partial charge in [-0.25, -0.2) is 4.39 Å². The summed E-state index contributed by atoms with van der Waals surface area (Å²) in [5, 5.41) is 2.49. The number of hydrogen-bond donors (Lipinski definition) is 1. The maximum Gasteiger partial charge on any atom is 0.254 e. The molecule has 19 heavy (non-hydrogen) atoms. The Morgan fingerprint density at radius 3 is 2.58 bits per heavy atom. The van der Waals surface area contributed by atoms with E-state index >= 15 is 0 Å². The van der Waals surface area contributed by atoms with Crippen molar-refractivity contribution in [1.29, 1.82) is 0 Å². The number of hydrogen-bond acceptors (Lipinski definition) is 2. The monoisotopic (exact) mass is 266 g/mol. The Morgan fingerprint density at radius 1 is 1.37 bits per heavy atom. The van der Waals surface area contributed by atoms with Gasteiger partial charge in [0.15, 0.2) is 0 Å². The molecule has 5 heteroatoms. The molecule has 4 nitrogen and oxygen atoms in total. The van der Waals surface area contributed by atoms with Crippen molar-refractivity contribution in [2.75, 3.05) is 20.1 Å². The van der Waals surface area contributed by atoms with Crippen LogP contribution in [0.25, 0.3) is 0 Å². The molecule has 2 amide bonds. The Morgan fingerprint density at radius 2 is 2.05 bits per heavy atom. The molecule has 104 valence electrons. The summed E-state index contributed by atoms with van der Waals surface area (Å²) in [6, 6.07) is 4.03. The Bertz CT molecular complexity index is 475. The maximum atomic E-state index is 13.0. The molecule has 0 aliphatic carbocycles. The van der Waals surface area contributed by atoms with Crippen LogP contribution in [0.2, 0.25) is 0 Å². The molecule has 1 aromatic carbocycles. The minimum atomic E-state index is -0.373. The Balaban J connectivity index is 2.95. The van der Waals surface area contributed by atoms with E-state index in [1.54, 1.807) is 6.92 Å². The van der Waals surface area contributed by atoms with Crippen molar-refractivity contribution in [3.63, 3.8) is 0 Å². The predicted octanol–water partition coefficient (Wildman–Crippen LogP) is 1.73. The fraction of sp³-hybridized carbons (Fsp3) is 0.429. The largest absolute Gasteiger partial charge is 0.358 e. The molecular weight excluding hydrogens is 247 g/mol. The molecule has 1 N–H and O–H groups in total. The third kappa shape index (κ3) is 4.05. The maximum absolute atomic E-state index is 13.0. The van der Waals surface area contributed by atoms with E-state index in [0.29, 0.717) is 17.7 Å². The highest BCUT2D eigenvalue weighted by Crippen LogP contribution is 2.13. The van der Waals surface area contributed by atoms with Crippen molar-refractivity contribution < 1.29 is 14.0 Å². The molecular formula is C14H19FN2O2. The van der Waals surface area contributed by atoms with Gasteiger partial charge in [0.25, 0.3) is 5.91 Å². The lowest BCUT2D eigenvalue weighted by molar-refractivity contribution is -0.121. The first-order valence-corrected chi connectivity index (χ1v) is 6.25. The highest BCUT2D eigenvalue weighted by atomic mass is 19.1. The summed E-state index contributed by atoms with van der Waals surface area (Å²) < 4.78 is 13.0. The minimum absolute atomic E-state index is 0.0139. The van der Waals surface area contributed by atoms with Gasteiger partial charge in [-0.3, -0.25) is 9.59 Å². The van der Waals surface area contributed by atoms with Crippen molar-refractivity contribution >= 4 is 11.8 Å². The normalized spacial score (nSPS) is 10.1. The average Bonchev–Trinajstić information content (AvgIpc) is 2.37. The first kappa shape index (κ1) is 15.1. The fourth-order valence-corrected chi connectivity index (χ4v) is 1.81. The number of benzene rings is 1.